The first-order chi connectivity index (χ1) is 9.23. The van der Waals surface area contributed by atoms with Gasteiger partial charge in [0.1, 0.15) is 11.5 Å². The highest BCUT2D eigenvalue weighted by Crippen LogP contribution is 2.39. The van der Waals surface area contributed by atoms with Crippen LogP contribution in [0, 0.1) is 5.92 Å². The van der Waals surface area contributed by atoms with Crippen molar-refractivity contribution in [1.29, 1.82) is 0 Å². The molecule has 0 aromatic heterocycles. The normalized spacial score (nSPS) is 23.6. The Kier molecular flexibility index (Phi) is 4.66. The molecule has 1 aliphatic rings. The zero-order valence-corrected chi connectivity index (χ0v) is 12.1. The van der Waals surface area contributed by atoms with E-state index in [4.69, 9.17) is 15.2 Å². The highest BCUT2D eigenvalue weighted by molar-refractivity contribution is 5.40. The summed E-state index contributed by atoms with van der Waals surface area (Å²) in [7, 11) is 3.37. The Bertz CT molecular complexity index is 388. The second kappa shape index (κ2) is 6.26. The lowest BCUT2D eigenvalue weighted by Gasteiger charge is -2.27. The van der Waals surface area contributed by atoms with Crippen molar-refractivity contribution in [3.8, 4) is 11.5 Å². The van der Waals surface area contributed by atoms with Crippen molar-refractivity contribution < 1.29 is 9.47 Å². The van der Waals surface area contributed by atoms with Gasteiger partial charge in [-0.15, -0.1) is 0 Å². The summed E-state index contributed by atoms with van der Waals surface area (Å²) in [5.74, 6) is 2.19. The van der Waals surface area contributed by atoms with E-state index in [0.717, 1.165) is 37.6 Å². The second-order valence-corrected chi connectivity index (χ2v) is 5.00. The van der Waals surface area contributed by atoms with Crippen LogP contribution in [0.15, 0.2) is 18.2 Å². The monoisotopic (exact) mass is 264 g/mol. The minimum atomic E-state index is 0.374. The first kappa shape index (κ1) is 14.2. The highest BCUT2D eigenvalue weighted by Gasteiger charge is 2.33. The van der Waals surface area contributed by atoms with E-state index in [1.807, 2.05) is 6.07 Å². The molecule has 0 amide bonds. The van der Waals surface area contributed by atoms with Gasteiger partial charge in [-0.1, -0.05) is 6.92 Å². The summed E-state index contributed by atoms with van der Waals surface area (Å²) < 4.78 is 10.7. The van der Waals surface area contributed by atoms with Crippen molar-refractivity contribution in [3.63, 3.8) is 0 Å². The van der Waals surface area contributed by atoms with Crippen molar-refractivity contribution in [2.24, 2.45) is 11.7 Å². The topological polar surface area (TPSA) is 47.7 Å². The molecule has 19 heavy (non-hydrogen) atoms. The third kappa shape index (κ3) is 2.85. The Balaban J connectivity index is 2.37. The summed E-state index contributed by atoms with van der Waals surface area (Å²) in [6.07, 6.45) is 1.16. The van der Waals surface area contributed by atoms with E-state index in [0.29, 0.717) is 12.0 Å². The number of methoxy groups -OCH3 is 2. The molecule has 4 nitrogen and oxygen atoms in total. The van der Waals surface area contributed by atoms with Crippen LogP contribution in [0.25, 0.3) is 0 Å². The Hall–Kier alpha value is -1.26. The van der Waals surface area contributed by atoms with Gasteiger partial charge in [-0.3, -0.25) is 4.90 Å². The third-order valence-corrected chi connectivity index (χ3v) is 4.05. The number of hydrogen-bond acceptors (Lipinski definition) is 4. The number of nitrogens with two attached hydrogens (primary N) is 1. The van der Waals surface area contributed by atoms with Crippen LogP contribution in [-0.2, 0) is 0 Å². The number of ether oxygens (including phenoxy) is 2. The average molecular weight is 264 g/mol. The van der Waals surface area contributed by atoms with Crippen LogP contribution < -0.4 is 15.2 Å². The zero-order chi connectivity index (χ0) is 13.8. The molecule has 1 heterocycles. The maximum Gasteiger partial charge on any atom is 0.122 e. The van der Waals surface area contributed by atoms with E-state index in [1.54, 1.807) is 14.2 Å². The molecule has 0 saturated carbocycles. The molecule has 2 unspecified atom stereocenters. The summed E-state index contributed by atoms with van der Waals surface area (Å²) in [6, 6.07) is 6.49. The molecule has 106 valence electrons. The summed E-state index contributed by atoms with van der Waals surface area (Å²) in [4.78, 5) is 2.48. The van der Waals surface area contributed by atoms with E-state index in [-0.39, 0.29) is 0 Å². The van der Waals surface area contributed by atoms with Crippen LogP contribution in [0.3, 0.4) is 0 Å². The molecule has 0 aliphatic carbocycles. The van der Waals surface area contributed by atoms with Crippen LogP contribution in [0.4, 0.5) is 0 Å². The van der Waals surface area contributed by atoms with Gasteiger partial charge in [0, 0.05) is 12.1 Å². The minimum absolute atomic E-state index is 0.374. The van der Waals surface area contributed by atoms with E-state index in [2.05, 4.69) is 24.0 Å². The largest absolute Gasteiger partial charge is 0.497 e. The number of hydrogen-bond donors (Lipinski definition) is 1. The van der Waals surface area contributed by atoms with Crippen LogP contribution in [0.1, 0.15) is 24.9 Å². The Morgan fingerprint density at radius 2 is 1.84 bits per heavy atom. The number of benzene rings is 1. The summed E-state index contributed by atoms with van der Waals surface area (Å²) >= 11 is 0. The van der Waals surface area contributed by atoms with Crippen molar-refractivity contribution in [3.05, 3.63) is 23.8 Å². The van der Waals surface area contributed by atoms with Gasteiger partial charge < -0.3 is 15.2 Å². The molecular formula is C15H24N2O2. The van der Waals surface area contributed by atoms with E-state index in [1.165, 1.54) is 5.56 Å². The molecule has 2 N–H and O–H groups in total. The maximum atomic E-state index is 5.93. The van der Waals surface area contributed by atoms with Crippen molar-refractivity contribution in [2.75, 3.05) is 33.9 Å². The lowest BCUT2D eigenvalue weighted by Crippen LogP contribution is -2.28. The molecule has 0 radical (unpaired) electrons. The van der Waals surface area contributed by atoms with Crippen LogP contribution in [0.2, 0.25) is 0 Å². The smallest absolute Gasteiger partial charge is 0.122 e. The lowest BCUT2D eigenvalue weighted by molar-refractivity contribution is 0.240. The Morgan fingerprint density at radius 1 is 1.21 bits per heavy atom. The van der Waals surface area contributed by atoms with Gasteiger partial charge in [-0.05, 0) is 49.7 Å². The van der Waals surface area contributed by atoms with Gasteiger partial charge in [0.05, 0.1) is 14.2 Å². The van der Waals surface area contributed by atoms with Gasteiger partial charge in [0.15, 0.2) is 0 Å². The predicted molar refractivity (Wildman–Crippen MR) is 76.7 cm³/mol. The fraction of sp³-hybridized carbons (Fsp3) is 0.600. The number of rotatable bonds is 5. The molecular weight excluding hydrogens is 240 g/mol. The summed E-state index contributed by atoms with van der Waals surface area (Å²) in [6.45, 7) is 5.08. The standard InChI is InChI=1S/C15H24N2O2/c1-4-17-6-5-11(10-16)15(17)12-7-13(18-2)9-14(8-12)19-3/h7-9,11,15H,4-6,10,16H2,1-3H3. The molecule has 1 fully saturated rings. The Morgan fingerprint density at radius 3 is 2.32 bits per heavy atom. The predicted octanol–water partition coefficient (Wildman–Crippen LogP) is 2.05. The summed E-state index contributed by atoms with van der Waals surface area (Å²) in [5, 5.41) is 0. The lowest BCUT2D eigenvalue weighted by atomic mass is 9.93. The average Bonchev–Trinajstić information content (AvgIpc) is 2.89. The van der Waals surface area contributed by atoms with Gasteiger partial charge in [-0.25, -0.2) is 0 Å². The number of nitrogens with zero attached hydrogens (tertiary/aromatic N) is 1. The van der Waals surface area contributed by atoms with Gasteiger partial charge >= 0.3 is 0 Å². The fourth-order valence-electron chi connectivity index (χ4n) is 3.01. The fourth-order valence-corrected chi connectivity index (χ4v) is 3.01. The molecule has 4 heteroatoms. The molecule has 1 aromatic rings. The quantitative estimate of drug-likeness (QED) is 0.884. The molecule has 0 bridgehead atoms. The zero-order valence-electron chi connectivity index (χ0n) is 12.1. The van der Waals surface area contributed by atoms with Crippen LogP contribution in [0.5, 0.6) is 11.5 Å². The van der Waals surface area contributed by atoms with Crippen molar-refractivity contribution >= 4 is 0 Å². The van der Waals surface area contributed by atoms with Crippen molar-refractivity contribution in [2.45, 2.75) is 19.4 Å². The molecule has 2 atom stereocenters. The molecule has 1 aliphatic heterocycles. The number of likely N-dealkylation sites (tertiary alicyclic amines) is 1. The van der Waals surface area contributed by atoms with Gasteiger partial charge in [0.25, 0.3) is 0 Å². The van der Waals surface area contributed by atoms with E-state index < -0.39 is 0 Å². The van der Waals surface area contributed by atoms with Gasteiger partial charge in [0.2, 0.25) is 0 Å². The Labute approximate surface area is 115 Å². The second-order valence-electron chi connectivity index (χ2n) is 5.00. The molecule has 1 aromatic carbocycles. The first-order valence-electron chi connectivity index (χ1n) is 6.90. The van der Waals surface area contributed by atoms with Crippen LogP contribution in [-0.4, -0.2) is 38.8 Å². The van der Waals surface area contributed by atoms with Crippen LogP contribution >= 0.6 is 0 Å². The van der Waals surface area contributed by atoms with E-state index >= 15 is 0 Å². The SMILES string of the molecule is CCN1CCC(CN)C1c1cc(OC)cc(OC)c1. The van der Waals surface area contributed by atoms with E-state index in [9.17, 15) is 0 Å². The van der Waals surface area contributed by atoms with Crippen molar-refractivity contribution in [1.82, 2.24) is 4.90 Å². The molecule has 0 spiro atoms. The third-order valence-electron chi connectivity index (χ3n) is 4.05. The minimum Gasteiger partial charge on any atom is -0.497 e. The first-order valence-corrected chi connectivity index (χ1v) is 6.90. The maximum absolute atomic E-state index is 5.93. The summed E-state index contributed by atoms with van der Waals surface area (Å²) in [5.41, 5.74) is 7.17. The molecule has 1 saturated heterocycles. The molecule has 2 rings (SSSR count). The van der Waals surface area contributed by atoms with Gasteiger partial charge in [-0.2, -0.15) is 0 Å². The highest BCUT2D eigenvalue weighted by atomic mass is 16.5.